The van der Waals surface area contributed by atoms with Crippen LogP contribution in [0.5, 0.6) is 0 Å². The van der Waals surface area contributed by atoms with Gasteiger partial charge >= 0.3 is 0 Å². The normalized spacial score (nSPS) is 42.9. The molecule has 2 aliphatic carbocycles. The Hall–Kier alpha value is -2.85. The van der Waals surface area contributed by atoms with Gasteiger partial charge in [-0.05, 0) is 97.9 Å². The summed E-state index contributed by atoms with van der Waals surface area (Å²) in [6, 6.07) is 20.2. The van der Waals surface area contributed by atoms with Gasteiger partial charge in [0.05, 0.1) is 16.5 Å². The minimum atomic E-state index is 0.0616. The van der Waals surface area contributed by atoms with Gasteiger partial charge in [0, 0.05) is 54.2 Å². The van der Waals surface area contributed by atoms with Gasteiger partial charge in [-0.1, -0.05) is 62.2 Å². The highest BCUT2D eigenvalue weighted by Crippen LogP contribution is 2.71. The first-order valence-electron chi connectivity index (χ1n) is 17.1. The van der Waals surface area contributed by atoms with E-state index in [9.17, 15) is 0 Å². The molecule has 1 saturated carbocycles. The number of hydrogen-bond acceptors (Lipinski definition) is 4. The third kappa shape index (κ3) is 2.30. The van der Waals surface area contributed by atoms with E-state index in [4.69, 9.17) is 4.99 Å². The van der Waals surface area contributed by atoms with Crippen LogP contribution in [-0.4, -0.2) is 53.8 Å². The molecule has 11 rings (SSSR count). The number of fused-ring (bicyclic) bond motifs is 8. The Morgan fingerprint density at radius 2 is 1.74 bits per heavy atom. The van der Waals surface area contributed by atoms with Crippen LogP contribution in [-0.2, 0) is 10.8 Å². The van der Waals surface area contributed by atoms with Crippen molar-refractivity contribution in [2.45, 2.75) is 81.7 Å². The highest BCUT2D eigenvalue weighted by atomic mass is 15.3. The summed E-state index contributed by atoms with van der Waals surface area (Å²) in [4.78, 5) is 14.4. The van der Waals surface area contributed by atoms with Gasteiger partial charge in [0.2, 0.25) is 0 Å². The summed E-state index contributed by atoms with van der Waals surface area (Å²) >= 11 is 0. The maximum atomic E-state index is 5.82. The number of nitrogens with zero attached hydrogens (tertiary/aromatic N) is 4. The molecule has 2 aromatic carbocycles. The molecule has 7 aliphatic heterocycles. The highest BCUT2D eigenvalue weighted by molar-refractivity contribution is 6.09. The van der Waals surface area contributed by atoms with Crippen LogP contribution in [0, 0.1) is 23.2 Å². The number of rotatable bonds is 2. The lowest BCUT2D eigenvalue weighted by molar-refractivity contribution is 0.0594. The molecule has 8 atom stereocenters. The van der Waals surface area contributed by atoms with Crippen LogP contribution in [0.15, 0.2) is 76.6 Å². The molecule has 3 spiro atoms. The Morgan fingerprint density at radius 1 is 0.905 bits per heavy atom. The van der Waals surface area contributed by atoms with E-state index >= 15 is 0 Å². The SMILES string of the molecule is CCC1=CN2CC[C@@]34C(=Nc5ccccc53)[C@@]3(CC5=C6N(C3)c3ccccc3[C@@]63CCN6C[C@@H](CC)[C@@H]5C[C@H]63)[C@H]1C[C@H]24. The first kappa shape index (κ1) is 23.6. The summed E-state index contributed by atoms with van der Waals surface area (Å²) < 4.78 is 0. The Labute approximate surface area is 250 Å². The van der Waals surface area contributed by atoms with Crippen LogP contribution >= 0.6 is 0 Å². The van der Waals surface area contributed by atoms with Gasteiger partial charge in [-0.25, -0.2) is 0 Å². The lowest BCUT2D eigenvalue weighted by Gasteiger charge is -2.62. The maximum Gasteiger partial charge on any atom is 0.0672 e. The van der Waals surface area contributed by atoms with Crippen molar-refractivity contribution in [3.05, 3.63) is 82.7 Å². The third-order valence-corrected chi connectivity index (χ3v) is 14.5. The van der Waals surface area contributed by atoms with E-state index in [2.05, 4.69) is 83.3 Å². The predicted octanol–water partition coefficient (Wildman–Crippen LogP) is 6.95. The largest absolute Gasteiger partial charge is 0.373 e. The second-order valence-electron chi connectivity index (χ2n) is 15.4. The van der Waals surface area contributed by atoms with Crippen molar-refractivity contribution in [1.29, 1.82) is 0 Å². The topological polar surface area (TPSA) is 22.1 Å². The van der Waals surface area contributed by atoms with Gasteiger partial charge in [0.1, 0.15) is 0 Å². The van der Waals surface area contributed by atoms with Crippen molar-refractivity contribution in [2.24, 2.45) is 28.2 Å². The van der Waals surface area contributed by atoms with Crippen LogP contribution < -0.4 is 4.90 Å². The van der Waals surface area contributed by atoms with Crippen molar-refractivity contribution >= 4 is 17.1 Å². The van der Waals surface area contributed by atoms with E-state index in [0.717, 1.165) is 24.8 Å². The maximum absolute atomic E-state index is 5.82. The van der Waals surface area contributed by atoms with E-state index in [-0.39, 0.29) is 16.2 Å². The van der Waals surface area contributed by atoms with Gasteiger partial charge < -0.3 is 9.80 Å². The number of benzene rings is 2. The van der Waals surface area contributed by atoms with Gasteiger partial charge in [0.25, 0.3) is 0 Å². The lowest BCUT2D eigenvalue weighted by atomic mass is 9.46. The zero-order valence-corrected chi connectivity index (χ0v) is 25.1. The summed E-state index contributed by atoms with van der Waals surface area (Å²) in [5.41, 5.74) is 13.3. The number of aliphatic imine (C=N–C) groups is 1. The van der Waals surface area contributed by atoms with Crippen molar-refractivity contribution in [3.8, 4) is 0 Å². The number of para-hydroxylation sites is 2. The van der Waals surface area contributed by atoms with Gasteiger partial charge in [-0.3, -0.25) is 9.89 Å². The number of allylic oxidation sites excluding steroid dienone is 2. The Kier molecular flexibility index (Phi) is 4.18. The zero-order chi connectivity index (χ0) is 27.6. The van der Waals surface area contributed by atoms with E-state index < -0.39 is 0 Å². The molecular weight excluding hydrogens is 512 g/mol. The number of anilines is 1. The summed E-state index contributed by atoms with van der Waals surface area (Å²) in [7, 11) is 0. The zero-order valence-electron chi connectivity index (χ0n) is 25.1. The molecule has 9 aliphatic rings. The fourth-order valence-electron chi connectivity index (χ4n) is 13.1. The second-order valence-corrected chi connectivity index (χ2v) is 15.4. The predicted molar refractivity (Wildman–Crippen MR) is 168 cm³/mol. The molecule has 4 fully saturated rings. The van der Waals surface area contributed by atoms with Gasteiger partial charge in [-0.15, -0.1) is 0 Å². The smallest absolute Gasteiger partial charge is 0.0672 e. The molecule has 0 amide bonds. The average molecular weight is 555 g/mol. The van der Waals surface area contributed by atoms with Crippen molar-refractivity contribution in [2.75, 3.05) is 31.1 Å². The summed E-state index contributed by atoms with van der Waals surface area (Å²) in [6.07, 6.45) is 11.5. The minimum Gasteiger partial charge on any atom is -0.373 e. The summed E-state index contributed by atoms with van der Waals surface area (Å²) in [5, 5.41) is 0. The summed E-state index contributed by atoms with van der Waals surface area (Å²) in [5.74, 6) is 2.09. The van der Waals surface area contributed by atoms with Crippen LogP contribution in [0.1, 0.15) is 69.9 Å². The van der Waals surface area contributed by atoms with Gasteiger partial charge in [0.15, 0.2) is 0 Å². The standard InChI is InChI=1S/C38H42N4/c1-3-23-20-40-15-13-37-28-10-6-8-12-31(28)42-22-36(19-26(34(37)42)25(23)17-32(37)40)29-18-33-38(14-16-41(33)21-24(29)4-2)27-9-5-7-11-30(27)39-35(36)38/h5-12,21,23,25,29,32-33H,3-4,13-20,22H2,1-2H3/t23-,25+,29+,32+,33+,36-,37-,38-/m1/s1. The average Bonchev–Trinajstić information content (AvgIpc) is 3.79. The fourth-order valence-corrected chi connectivity index (χ4v) is 13.1. The van der Waals surface area contributed by atoms with Crippen molar-refractivity contribution in [3.63, 3.8) is 0 Å². The number of hydrogen-bond donors (Lipinski definition) is 0. The number of piperidine rings is 1. The van der Waals surface area contributed by atoms with E-state index in [1.54, 1.807) is 22.5 Å². The van der Waals surface area contributed by atoms with E-state index in [0.29, 0.717) is 18.0 Å². The van der Waals surface area contributed by atoms with Crippen molar-refractivity contribution < 1.29 is 0 Å². The molecular formula is C38H42N4. The first-order valence-corrected chi connectivity index (χ1v) is 17.1. The molecule has 4 bridgehead atoms. The molecule has 0 N–H and O–H groups in total. The van der Waals surface area contributed by atoms with Crippen LogP contribution in [0.2, 0.25) is 0 Å². The molecule has 42 heavy (non-hydrogen) atoms. The highest BCUT2D eigenvalue weighted by Gasteiger charge is 2.72. The first-order chi connectivity index (χ1) is 20.6. The lowest BCUT2D eigenvalue weighted by Crippen LogP contribution is -2.67. The Balaban J connectivity index is 1.21. The fraction of sp³-hybridized carbons (Fsp3) is 0.553. The molecule has 0 unspecified atom stereocenters. The molecule has 0 radical (unpaired) electrons. The van der Waals surface area contributed by atoms with Gasteiger partial charge in [-0.2, -0.15) is 0 Å². The molecule has 214 valence electrons. The van der Waals surface area contributed by atoms with Crippen LogP contribution in [0.3, 0.4) is 0 Å². The second kappa shape index (κ2) is 7.44. The molecule has 4 heteroatoms. The quantitative estimate of drug-likeness (QED) is 0.401. The Morgan fingerprint density at radius 3 is 2.62 bits per heavy atom. The molecule has 2 aromatic rings. The summed E-state index contributed by atoms with van der Waals surface area (Å²) in [6.45, 7) is 9.75. The van der Waals surface area contributed by atoms with Crippen molar-refractivity contribution in [1.82, 2.24) is 9.80 Å². The third-order valence-electron chi connectivity index (χ3n) is 14.5. The van der Waals surface area contributed by atoms with E-state index in [1.165, 1.54) is 75.1 Å². The molecule has 3 saturated heterocycles. The Bertz CT molecular complexity index is 1680. The van der Waals surface area contributed by atoms with E-state index in [1.807, 2.05) is 5.57 Å². The molecule has 7 heterocycles. The van der Waals surface area contributed by atoms with Crippen LogP contribution in [0.4, 0.5) is 11.4 Å². The molecule has 4 nitrogen and oxygen atoms in total. The molecule has 0 aromatic heterocycles. The van der Waals surface area contributed by atoms with Crippen LogP contribution in [0.25, 0.3) is 0 Å². The monoisotopic (exact) mass is 554 g/mol. The minimum absolute atomic E-state index is 0.0616.